The summed E-state index contributed by atoms with van der Waals surface area (Å²) in [5.74, 6) is 4.08. The lowest BCUT2D eigenvalue weighted by molar-refractivity contribution is -0.488. The smallest absolute Gasteiger partial charge is 0.324 e. The second-order valence-electron chi connectivity index (χ2n) is 3.70. The first-order valence-corrected chi connectivity index (χ1v) is 4.47. The number of nitrogens with zero attached hydrogens (tertiary/aromatic N) is 1. The van der Waals surface area contributed by atoms with Crippen LogP contribution in [0.15, 0.2) is 0 Å². The molecule has 0 aromatic heterocycles. The molecule has 6 nitrogen and oxygen atoms in total. The van der Waals surface area contributed by atoms with Crippen LogP contribution in [0.1, 0.15) is 26.7 Å². The third-order valence-corrected chi connectivity index (χ3v) is 1.80. The minimum Gasteiger partial charge on any atom is -0.373 e. The third kappa shape index (κ3) is 6.36. The van der Waals surface area contributed by atoms with E-state index < -0.39 is 10.9 Å². The van der Waals surface area contributed by atoms with Gasteiger partial charge in [0.25, 0.3) is 0 Å². The molecule has 0 aliphatic rings. The van der Waals surface area contributed by atoms with Gasteiger partial charge in [-0.05, 0) is 12.3 Å². The molecule has 0 aliphatic heterocycles. The molecule has 0 fully saturated rings. The van der Waals surface area contributed by atoms with E-state index in [-0.39, 0.29) is 18.9 Å². The van der Waals surface area contributed by atoms with Gasteiger partial charge in [0.05, 0.1) is 6.42 Å². The monoisotopic (exact) mass is 204 g/mol. The summed E-state index contributed by atoms with van der Waals surface area (Å²) in [5, 5.41) is 10.3. The van der Waals surface area contributed by atoms with Crippen LogP contribution in [0.25, 0.3) is 0 Å². The Kier molecular flexibility index (Phi) is 5.78. The van der Waals surface area contributed by atoms with E-state index in [9.17, 15) is 14.9 Å². The van der Waals surface area contributed by atoms with Crippen molar-refractivity contribution in [1.82, 2.24) is 0 Å². The van der Waals surface area contributed by atoms with Crippen LogP contribution in [0.2, 0.25) is 0 Å². The van der Waals surface area contributed by atoms with Gasteiger partial charge in [0.15, 0.2) is 0 Å². The number of nitrogens with two attached hydrogens (primary N) is 1. The molecular weight excluding hydrogens is 188 g/mol. The third-order valence-electron chi connectivity index (χ3n) is 1.80. The van der Waals surface area contributed by atoms with E-state index in [1.165, 1.54) is 0 Å². The summed E-state index contributed by atoms with van der Waals surface area (Å²) < 4.78 is 0. The summed E-state index contributed by atoms with van der Waals surface area (Å²) >= 11 is 0. The molecule has 0 aromatic rings. The Labute approximate surface area is 82.5 Å². The average Bonchev–Trinajstić information content (AvgIpc) is 2.01. The molecule has 0 unspecified atom stereocenters. The van der Waals surface area contributed by atoms with Crippen LogP contribution in [0.4, 0.5) is 0 Å². The van der Waals surface area contributed by atoms with E-state index in [0.29, 0.717) is 12.3 Å². The zero-order valence-electron chi connectivity index (χ0n) is 8.43. The second kappa shape index (κ2) is 6.31. The van der Waals surface area contributed by atoms with Gasteiger partial charge in [0.2, 0.25) is 6.54 Å². The number of rotatable bonds is 6. The lowest BCUT2D eigenvalue weighted by Crippen LogP contribution is -2.22. The van der Waals surface area contributed by atoms with Crippen LogP contribution in [-0.4, -0.2) is 17.4 Å². The van der Waals surface area contributed by atoms with Crippen molar-refractivity contribution >= 4 is 5.97 Å². The highest BCUT2D eigenvalue weighted by Crippen LogP contribution is 2.16. The first-order valence-electron chi connectivity index (χ1n) is 4.47. The van der Waals surface area contributed by atoms with E-state index >= 15 is 0 Å². The summed E-state index contributed by atoms with van der Waals surface area (Å²) in [6, 6.07) is 0. The van der Waals surface area contributed by atoms with Crippen LogP contribution >= 0.6 is 0 Å². The molecule has 82 valence electrons. The highest BCUT2D eigenvalue weighted by Gasteiger charge is 2.21. The molecule has 2 N–H and O–H groups in total. The van der Waals surface area contributed by atoms with E-state index in [0.717, 1.165) is 0 Å². The molecular formula is C8H16N2O4. The molecule has 1 atom stereocenters. The van der Waals surface area contributed by atoms with Gasteiger partial charge in [0, 0.05) is 10.8 Å². The van der Waals surface area contributed by atoms with E-state index in [1.807, 2.05) is 13.8 Å². The topological polar surface area (TPSA) is 95.5 Å². The zero-order valence-corrected chi connectivity index (χ0v) is 8.43. The van der Waals surface area contributed by atoms with Crippen molar-refractivity contribution < 1.29 is 14.6 Å². The van der Waals surface area contributed by atoms with E-state index in [2.05, 4.69) is 10.7 Å². The molecule has 0 saturated carbocycles. The van der Waals surface area contributed by atoms with Crippen LogP contribution < -0.4 is 5.90 Å². The fourth-order valence-electron chi connectivity index (χ4n) is 1.38. The van der Waals surface area contributed by atoms with Gasteiger partial charge in [-0.2, -0.15) is 5.90 Å². The molecule has 0 spiro atoms. The summed E-state index contributed by atoms with van der Waals surface area (Å²) in [6.45, 7) is 3.68. The predicted molar refractivity (Wildman–Crippen MR) is 49.7 cm³/mol. The summed E-state index contributed by atoms with van der Waals surface area (Å²) in [4.78, 5) is 24.7. The second-order valence-corrected chi connectivity index (χ2v) is 3.70. The first-order chi connectivity index (χ1) is 6.45. The van der Waals surface area contributed by atoms with Gasteiger partial charge in [-0.1, -0.05) is 13.8 Å². The molecule has 0 heterocycles. The number of nitro groups is 1. The van der Waals surface area contributed by atoms with Crippen molar-refractivity contribution in [3.8, 4) is 0 Å². The van der Waals surface area contributed by atoms with Crippen LogP contribution in [0.5, 0.6) is 0 Å². The fourth-order valence-corrected chi connectivity index (χ4v) is 1.38. The standard InChI is InChI=1S/C8H16N2O4/c1-6(2)3-7(5-10(12)13)4-8(11)14-9/h6-7H,3-5,9H2,1-2H3/t7-/m0/s1. The normalized spacial score (nSPS) is 12.6. The molecule has 0 aliphatic carbocycles. The summed E-state index contributed by atoms with van der Waals surface area (Å²) in [5.41, 5.74) is 0. The maximum Gasteiger partial charge on any atom is 0.324 e. The van der Waals surface area contributed by atoms with Crippen LogP contribution in [0, 0.1) is 22.0 Å². The van der Waals surface area contributed by atoms with Gasteiger partial charge in [0.1, 0.15) is 0 Å². The fraction of sp³-hybridized carbons (Fsp3) is 0.875. The van der Waals surface area contributed by atoms with Gasteiger partial charge in [-0.3, -0.25) is 14.9 Å². The average molecular weight is 204 g/mol. The minimum absolute atomic E-state index is 0.00958. The number of hydrogen-bond donors (Lipinski definition) is 1. The Morgan fingerprint density at radius 1 is 1.57 bits per heavy atom. The zero-order chi connectivity index (χ0) is 11.1. The molecule has 14 heavy (non-hydrogen) atoms. The molecule has 0 saturated heterocycles. The number of hydrogen-bond acceptors (Lipinski definition) is 5. The highest BCUT2D eigenvalue weighted by atomic mass is 16.7. The van der Waals surface area contributed by atoms with Crippen LogP contribution in [-0.2, 0) is 9.63 Å². The Bertz CT molecular complexity index is 206. The maximum absolute atomic E-state index is 10.8. The number of carbonyl (C=O) groups is 1. The van der Waals surface area contributed by atoms with E-state index in [1.54, 1.807) is 0 Å². The minimum atomic E-state index is -0.600. The molecule has 0 aromatic carbocycles. The predicted octanol–water partition coefficient (Wildman–Crippen LogP) is 0.732. The van der Waals surface area contributed by atoms with Crippen LogP contribution in [0.3, 0.4) is 0 Å². The quantitative estimate of drug-likeness (QED) is 0.508. The summed E-state index contributed by atoms with van der Waals surface area (Å²) in [7, 11) is 0. The molecule has 0 radical (unpaired) electrons. The van der Waals surface area contributed by atoms with Crippen molar-refractivity contribution in [2.75, 3.05) is 6.54 Å². The highest BCUT2D eigenvalue weighted by molar-refractivity contribution is 5.69. The Hall–Kier alpha value is -1.17. The Morgan fingerprint density at radius 2 is 2.14 bits per heavy atom. The molecule has 6 heteroatoms. The Morgan fingerprint density at radius 3 is 2.50 bits per heavy atom. The van der Waals surface area contributed by atoms with E-state index in [4.69, 9.17) is 0 Å². The SMILES string of the molecule is CC(C)C[C@@H](CC(=O)ON)C[N+](=O)[O-]. The van der Waals surface area contributed by atoms with Gasteiger partial charge in [-0.15, -0.1) is 0 Å². The van der Waals surface area contributed by atoms with Crippen molar-refractivity contribution in [3.05, 3.63) is 10.1 Å². The van der Waals surface area contributed by atoms with Gasteiger partial charge < -0.3 is 4.84 Å². The van der Waals surface area contributed by atoms with Crippen molar-refractivity contribution in [2.24, 2.45) is 17.7 Å². The van der Waals surface area contributed by atoms with Crippen molar-refractivity contribution in [3.63, 3.8) is 0 Å². The van der Waals surface area contributed by atoms with Gasteiger partial charge >= 0.3 is 5.97 Å². The first kappa shape index (κ1) is 12.8. The lowest BCUT2D eigenvalue weighted by Gasteiger charge is -2.12. The van der Waals surface area contributed by atoms with Crippen molar-refractivity contribution in [1.29, 1.82) is 0 Å². The van der Waals surface area contributed by atoms with Crippen molar-refractivity contribution in [2.45, 2.75) is 26.7 Å². The maximum atomic E-state index is 10.8. The molecule has 0 rings (SSSR count). The van der Waals surface area contributed by atoms with Gasteiger partial charge in [-0.25, -0.2) is 0 Å². The Balaban J connectivity index is 4.09. The molecule has 0 bridgehead atoms. The largest absolute Gasteiger partial charge is 0.373 e. The lowest BCUT2D eigenvalue weighted by atomic mass is 9.94. The number of carbonyl (C=O) groups excluding carboxylic acids is 1. The molecule has 0 amide bonds. The summed E-state index contributed by atoms with van der Waals surface area (Å²) in [6.07, 6.45) is 0.631.